The molecule has 20 heavy (non-hydrogen) atoms. The Morgan fingerprint density at radius 2 is 2.20 bits per heavy atom. The van der Waals surface area contributed by atoms with Gasteiger partial charge < -0.3 is 9.64 Å². The Labute approximate surface area is 121 Å². The van der Waals surface area contributed by atoms with Gasteiger partial charge in [-0.1, -0.05) is 6.07 Å². The van der Waals surface area contributed by atoms with Gasteiger partial charge in [0.1, 0.15) is 5.75 Å². The summed E-state index contributed by atoms with van der Waals surface area (Å²) in [5, 5.41) is 0.214. The summed E-state index contributed by atoms with van der Waals surface area (Å²) in [7, 11) is 1.70. The first kappa shape index (κ1) is 15.0. The van der Waals surface area contributed by atoms with Crippen LogP contribution in [-0.2, 0) is 0 Å². The molecular weight excluding hydrogens is 288 g/mol. The Hall–Kier alpha value is -1.36. The van der Waals surface area contributed by atoms with Gasteiger partial charge in [0.25, 0.3) is 5.91 Å². The van der Waals surface area contributed by atoms with E-state index in [9.17, 15) is 13.6 Å². The maximum Gasteiger partial charge on any atom is 0.387 e. The van der Waals surface area contributed by atoms with E-state index in [0.29, 0.717) is 18.0 Å². The van der Waals surface area contributed by atoms with Gasteiger partial charge in [-0.3, -0.25) is 4.79 Å². The second-order valence-electron chi connectivity index (χ2n) is 5.03. The normalized spacial score (nSPS) is 21.4. The summed E-state index contributed by atoms with van der Waals surface area (Å²) in [6, 6.07) is 5.84. The number of ether oxygens (including phenoxy) is 1. The molecule has 1 amide bonds. The molecule has 1 aliphatic rings. The summed E-state index contributed by atoms with van der Waals surface area (Å²) in [5.41, 5.74) is 0.340. The largest absolute Gasteiger partial charge is 0.435 e. The van der Waals surface area contributed by atoms with Crippen molar-refractivity contribution in [2.75, 3.05) is 13.6 Å². The molecule has 0 aromatic heterocycles. The Kier molecular flexibility index (Phi) is 4.81. The first-order chi connectivity index (χ1) is 9.45. The Bertz CT molecular complexity index is 478. The molecule has 0 aliphatic heterocycles. The maximum atomic E-state index is 12.2. The van der Waals surface area contributed by atoms with Crippen LogP contribution in [0, 0.1) is 5.92 Å². The van der Waals surface area contributed by atoms with Crippen LogP contribution in [-0.4, -0.2) is 36.4 Å². The van der Waals surface area contributed by atoms with Crippen molar-refractivity contribution < 1.29 is 18.3 Å². The zero-order valence-electron chi connectivity index (χ0n) is 11.1. The predicted molar refractivity (Wildman–Crippen MR) is 72.4 cm³/mol. The molecule has 0 N–H and O–H groups in total. The molecule has 1 fully saturated rings. The number of nitrogens with zero attached hydrogens (tertiary/aromatic N) is 1. The number of carbonyl (C=O) groups is 1. The molecule has 0 unspecified atom stereocenters. The van der Waals surface area contributed by atoms with Crippen LogP contribution in [0.2, 0.25) is 0 Å². The van der Waals surface area contributed by atoms with Crippen LogP contribution in [0.3, 0.4) is 0 Å². The topological polar surface area (TPSA) is 29.5 Å². The van der Waals surface area contributed by atoms with E-state index in [0.717, 1.165) is 12.8 Å². The molecule has 110 valence electrons. The molecule has 3 nitrogen and oxygen atoms in total. The van der Waals surface area contributed by atoms with E-state index < -0.39 is 6.61 Å². The van der Waals surface area contributed by atoms with Gasteiger partial charge in [0, 0.05) is 24.5 Å². The summed E-state index contributed by atoms with van der Waals surface area (Å²) in [6.45, 7) is -2.27. The van der Waals surface area contributed by atoms with Gasteiger partial charge in [-0.15, -0.1) is 11.6 Å². The maximum absolute atomic E-state index is 12.2. The van der Waals surface area contributed by atoms with Crippen LogP contribution >= 0.6 is 11.6 Å². The van der Waals surface area contributed by atoms with Crippen LogP contribution in [0.1, 0.15) is 23.2 Å². The smallest absolute Gasteiger partial charge is 0.387 e. The first-order valence-electron chi connectivity index (χ1n) is 6.40. The average Bonchev–Trinajstić information content (AvgIpc) is 2.35. The molecule has 0 saturated heterocycles. The van der Waals surface area contributed by atoms with Gasteiger partial charge in [0.2, 0.25) is 0 Å². The average molecular weight is 304 g/mol. The van der Waals surface area contributed by atoms with Crippen molar-refractivity contribution >= 4 is 17.5 Å². The van der Waals surface area contributed by atoms with Crippen molar-refractivity contribution in [1.29, 1.82) is 0 Å². The second-order valence-corrected chi connectivity index (χ2v) is 5.64. The molecule has 1 saturated carbocycles. The van der Waals surface area contributed by atoms with Gasteiger partial charge in [0.05, 0.1) is 0 Å². The number of hydrogen-bond donors (Lipinski definition) is 0. The highest BCUT2D eigenvalue weighted by atomic mass is 35.5. The molecular formula is C14H16ClF2NO2. The first-order valence-corrected chi connectivity index (χ1v) is 6.83. The third kappa shape index (κ3) is 3.82. The summed E-state index contributed by atoms with van der Waals surface area (Å²) in [5.74, 6) is 0.207. The van der Waals surface area contributed by atoms with E-state index >= 15 is 0 Å². The number of hydrogen-bond acceptors (Lipinski definition) is 2. The second kappa shape index (κ2) is 6.39. The molecule has 2 rings (SSSR count). The van der Waals surface area contributed by atoms with E-state index in [-0.39, 0.29) is 17.0 Å². The van der Waals surface area contributed by atoms with Gasteiger partial charge >= 0.3 is 6.61 Å². The number of halogens is 3. The lowest BCUT2D eigenvalue weighted by Crippen LogP contribution is -2.37. The minimum Gasteiger partial charge on any atom is -0.435 e. The number of carbonyl (C=O) groups excluding carboxylic acids is 1. The van der Waals surface area contributed by atoms with Crippen molar-refractivity contribution in [1.82, 2.24) is 4.90 Å². The summed E-state index contributed by atoms with van der Waals surface area (Å²) in [6.07, 6.45) is 1.82. The lowest BCUT2D eigenvalue weighted by molar-refractivity contribution is -0.0499. The van der Waals surface area contributed by atoms with Crippen LogP contribution in [0.4, 0.5) is 8.78 Å². The molecule has 1 aliphatic carbocycles. The van der Waals surface area contributed by atoms with Crippen LogP contribution in [0.15, 0.2) is 24.3 Å². The third-order valence-electron chi connectivity index (χ3n) is 3.36. The Balaban J connectivity index is 1.97. The standard InChI is InChI=1S/C14H16ClF2NO2/c1-18(8-9-5-11(15)6-9)13(19)10-3-2-4-12(7-10)20-14(16)17/h2-4,7,9,11,14H,5-6,8H2,1H3. The van der Waals surface area contributed by atoms with Crippen LogP contribution < -0.4 is 4.74 Å². The summed E-state index contributed by atoms with van der Waals surface area (Å²) < 4.78 is 28.6. The van der Waals surface area contributed by atoms with E-state index in [1.54, 1.807) is 18.0 Å². The highest BCUT2D eigenvalue weighted by Gasteiger charge is 2.29. The Morgan fingerprint density at radius 3 is 2.80 bits per heavy atom. The zero-order valence-corrected chi connectivity index (χ0v) is 11.8. The van der Waals surface area contributed by atoms with Gasteiger partial charge in [0.15, 0.2) is 0 Å². The molecule has 0 atom stereocenters. The molecule has 0 spiro atoms. The van der Waals surface area contributed by atoms with Crippen molar-refractivity contribution in [3.63, 3.8) is 0 Å². The van der Waals surface area contributed by atoms with Crippen molar-refractivity contribution in [3.8, 4) is 5.75 Å². The number of amides is 1. The van der Waals surface area contributed by atoms with E-state index in [2.05, 4.69) is 4.74 Å². The quantitative estimate of drug-likeness (QED) is 0.781. The van der Waals surface area contributed by atoms with E-state index in [4.69, 9.17) is 11.6 Å². The SMILES string of the molecule is CN(CC1CC(Cl)C1)C(=O)c1cccc(OC(F)F)c1. The molecule has 0 radical (unpaired) electrons. The number of benzene rings is 1. The lowest BCUT2D eigenvalue weighted by atomic mass is 9.84. The minimum absolute atomic E-state index is 0.0104. The monoisotopic (exact) mass is 303 g/mol. The number of alkyl halides is 3. The fraction of sp³-hybridized carbons (Fsp3) is 0.500. The van der Waals surface area contributed by atoms with E-state index in [1.807, 2.05) is 0 Å². The molecule has 1 aromatic rings. The van der Waals surface area contributed by atoms with Gasteiger partial charge in [-0.05, 0) is 37.0 Å². The molecule has 1 aromatic carbocycles. The van der Waals surface area contributed by atoms with Crippen molar-refractivity contribution in [2.45, 2.75) is 24.8 Å². The van der Waals surface area contributed by atoms with Gasteiger partial charge in [-0.2, -0.15) is 8.78 Å². The van der Waals surface area contributed by atoms with Crippen LogP contribution in [0.25, 0.3) is 0 Å². The lowest BCUT2D eigenvalue weighted by Gasteiger charge is -2.34. The zero-order chi connectivity index (χ0) is 14.7. The summed E-state index contributed by atoms with van der Waals surface area (Å²) >= 11 is 5.90. The summed E-state index contributed by atoms with van der Waals surface area (Å²) in [4.78, 5) is 13.8. The fourth-order valence-corrected chi connectivity index (χ4v) is 2.80. The number of rotatable bonds is 5. The molecule has 0 bridgehead atoms. The Morgan fingerprint density at radius 1 is 1.50 bits per heavy atom. The third-order valence-corrected chi connectivity index (χ3v) is 3.72. The van der Waals surface area contributed by atoms with Gasteiger partial charge in [-0.25, -0.2) is 0 Å². The highest BCUT2D eigenvalue weighted by Crippen LogP contribution is 2.32. The van der Waals surface area contributed by atoms with Crippen molar-refractivity contribution in [2.24, 2.45) is 5.92 Å². The molecule has 6 heteroatoms. The molecule has 0 heterocycles. The highest BCUT2D eigenvalue weighted by molar-refractivity contribution is 6.21. The van der Waals surface area contributed by atoms with Crippen LogP contribution in [0.5, 0.6) is 5.75 Å². The fourth-order valence-electron chi connectivity index (χ4n) is 2.30. The van der Waals surface area contributed by atoms with E-state index in [1.165, 1.54) is 18.2 Å². The predicted octanol–water partition coefficient (Wildman–Crippen LogP) is 3.38. The van der Waals surface area contributed by atoms with Crippen molar-refractivity contribution in [3.05, 3.63) is 29.8 Å². The minimum atomic E-state index is -2.89.